The van der Waals surface area contributed by atoms with E-state index in [0.717, 1.165) is 11.3 Å². The molecule has 0 bridgehead atoms. The van der Waals surface area contributed by atoms with Crippen LogP contribution in [0.5, 0.6) is 0 Å². The zero-order valence-electron chi connectivity index (χ0n) is 11.8. The summed E-state index contributed by atoms with van der Waals surface area (Å²) in [7, 11) is 0. The number of thioether (sulfide) groups is 2. The quantitative estimate of drug-likeness (QED) is 0.393. The smallest absolute Gasteiger partial charge is 0.180 e. The third kappa shape index (κ3) is 5.65. The Balaban J connectivity index is 1.88. The molecule has 0 aliphatic rings. The highest BCUT2D eigenvalue weighted by Crippen LogP contribution is 2.15. The SMILES string of the molecule is CSc1cccc(C=NN=C(N)SCc2ccccc2)c1. The molecule has 0 heterocycles. The van der Waals surface area contributed by atoms with Crippen molar-refractivity contribution in [2.24, 2.45) is 15.9 Å². The van der Waals surface area contributed by atoms with Gasteiger partial charge in [0.25, 0.3) is 0 Å². The Morgan fingerprint density at radius 3 is 2.71 bits per heavy atom. The molecule has 0 aliphatic carbocycles. The fraction of sp³-hybridized carbons (Fsp3) is 0.125. The molecule has 0 fully saturated rings. The van der Waals surface area contributed by atoms with Crippen molar-refractivity contribution in [1.29, 1.82) is 0 Å². The number of hydrogen-bond donors (Lipinski definition) is 1. The predicted molar refractivity (Wildman–Crippen MR) is 95.2 cm³/mol. The lowest BCUT2D eigenvalue weighted by Gasteiger charge is -1.99. The van der Waals surface area contributed by atoms with Crippen molar-refractivity contribution < 1.29 is 0 Å². The molecule has 0 atom stereocenters. The minimum Gasteiger partial charge on any atom is -0.377 e. The summed E-state index contributed by atoms with van der Waals surface area (Å²) in [4.78, 5) is 1.20. The number of nitrogens with two attached hydrogens (primary N) is 1. The van der Waals surface area contributed by atoms with Crippen LogP contribution in [-0.4, -0.2) is 17.6 Å². The lowest BCUT2D eigenvalue weighted by atomic mass is 10.2. The van der Waals surface area contributed by atoms with E-state index in [1.165, 1.54) is 22.2 Å². The van der Waals surface area contributed by atoms with E-state index in [9.17, 15) is 0 Å². The summed E-state index contributed by atoms with van der Waals surface area (Å²) in [6.45, 7) is 0. The Bertz CT molecular complexity index is 624. The summed E-state index contributed by atoms with van der Waals surface area (Å²) in [5.41, 5.74) is 8.08. The van der Waals surface area contributed by atoms with E-state index in [1.807, 2.05) is 36.6 Å². The zero-order valence-corrected chi connectivity index (χ0v) is 13.4. The van der Waals surface area contributed by atoms with Crippen molar-refractivity contribution in [3.8, 4) is 0 Å². The minimum atomic E-state index is 0.469. The second kappa shape index (κ2) is 8.54. The molecule has 5 heteroatoms. The van der Waals surface area contributed by atoms with Crippen LogP contribution in [0, 0.1) is 0 Å². The van der Waals surface area contributed by atoms with Gasteiger partial charge in [-0.2, -0.15) is 5.10 Å². The van der Waals surface area contributed by atoms with Crippen molar-refractivity contribution in [3.05, 3.63) is 65.7 Å². The summed E-state index contributed by atoms with van der Waals surface area (Å²) < 4.78 is 0. The number of rotatable bonds is 5. The molecule has 0 saturated carbocycles. The van der Waals surface area contributed by atoms with Crippen LogP contribution in [0.25, 0.3) is 0 Å². The van der Waals surface area contributed by atoms with Crippen molar-refractivity contribution in [2.45, 2.75) is 10.6 Å². The molecule has 2 aromatic rings. The van der Waals surface area contributed by atoms with Crippen LogP contribution in [0.1, 0.15) is 11.1 Å². The van der Waals surface area contributed by atoms with Crippen LogP contribution in [0.2, 0.25) is 0 Å². The zero-order chi connectivity index (χ0) is 14.9. The van der Waals surface area contributed by atoms with Gasteiger partial charge < -0.3 is 5.73 Å². The molecule has 0 amide bonds. The molecule has 0 spiro atoms. The topological polar surface area (TPSA) is 50.7 Å². The number of nitrogens with zero attached hydrogens (tertiary/aromatic N) is 2. The van der Waals surface area contributed by atoms with Crippen LogP contribution < -0.4 is 5.73 Å². The van der Waals surface area contributed by atoms with E-state index in [4.69, 9.17) is 5.73 Å². The highest BCUT2D eigenvalue weighted by molar-refractivity contribution is 8.13. The molecule has 2 N–H and O–H groups in total. The van der Waals surface area contributed by atoms with Gasteiger partial charge >= 0.3 is 0 Å². The van der Waals surface area contributed by atoms with Gasteiger partial charge in [0.15, 0.2) is 5.17 Å². The fourth-order valence-corrected chi connectivity index (χ4v) is 2.72. The lowest BCUT2D eigenvalue weighted by molar-refractivity contribution is 1.25. The predicted octanol–water partition coefficient (Wildman–Crippen LogP) is 3.99. The maximum atomic E-state index is 5.84. The molecule has 2 rings (SSSR count). The maximum absolute atomic E-state index is 5.84. The first kappa shape index (κ1) is 15.7. The van der Waals surface area contributed by atoms with E-state index in [2.05, 4.69) is 34.5 Å². The van der Waals surface area contributed by atoms with E-state index in [1.54, 1.807) is 18.0 Å². The van der Waals surface area contributed by atoms with Gasteiger partial charge in [-0.3, -0.25) is 0 Å². The fourth-order valence-electron chi connectivity index (χ4n) is 1.63. The molecule has 0 aliphatic heterocycles. The number of benzene rings is 2. The molecule has 0 aromatic heterocycles. The normalized spacial score (nSPS) is 12.0. The summed E-state index contributed by atoms with van der Waals surface area (Å²) in [6.07, 6.45) is 3.77. The van der Waals surface area contributed by atoms with Gasteiger partial charge in [-0.1, -0.05) is 54.2 Å². The first-order valence-corrected chi connectivity index (χ1v) is 8.66. The Labute approximate surface area is 133 Å². The molecule has 2 aromatic carbocycles. The highest BCUT2D eigenvalue weighted by Gasteiger charge is 1.96. The standard InChI is InChI=1S/C16H17N3S2/c1-20-15-9-5-8-14(10-15)11-18-19-16(17)21-12-13-6-3-2-4-7-13/h2-11H,12H2,1H3,(H2,17,19). The van der Waals surface area contributed by atoms with Crippen molar-refractivity contribution in [3.63, 3.8) is 0 Å². The van der Waals surface area contributed by atoms with Gasteiger partial charge in [0, 0.05) is 10.6 Å². The third-order valence-corrected chi connectivity index (χ3v) is 4.27. The van der Waals surface area contributed by atoms with Crippen molar-refractivity contribution in [2.75, 3.05) is 6.26 Å². The molecule has 0 saturated heterocycles. The van der Waals surface area contributed by atoms with Gasteiger partial charge in [-0.05, 0) is 29.5 Å². The second-order valence-electron chi connectivity index (χ2n) is 4.23. The summed E-state index contributed by atoms with van der Waals surface area (Å²) in [5, 5.41) is 8.52. The highest BCUT2D eigenvalue weighted by atomic mass is 32.2. The first-order valence-electron chi connectivity index (χ1n) is 6.45. The van der Waals surface area contributed by atoms with Crippen molar-refractivity contribution in [1.82, 2.24) is 0 Å². The van der Waals surface area contributed by atoms with E-state index in [0.29, 0.717) is 5.17 Å². The number of amidine groups is 1. The Kier molecular flexibility index (Phi) is 6.37. The van der Waals surface area contributed by atoms with Gasteiger partial charge in [-0.25, -0.2) is 0 Å². The Morgan fingerprint density at radius 1 is 1.14 bits per heavy atom. The second-order valence-corrected chi connectivity index (χ2v) is 6.11. The van der Waals surface area contributed by atoms with Crippen molar-refractivity contribution >= 4 is 34.9 Å². The molecule has 0 unspecified atom stereocenters. The molecule has 0 radical (unpaired) electrons. The molecular formula is C16H17N3S2. The largest absolute Gasteiger partial charge is 0.377 e. The summed E-state index contributed by atoms with van der Waals surface area (Å²) >= 11 is 3.18. The van der Waals surface area contributed by atoms with Crippen LogP contribution in [0.4, 0.5) is 0 Å². The molecule has 108 valence electrons. The van der Waals surface area contributed by atoms with E-state index >= 15 is 0 Å². The van der Waals surface area contributed by atoms with E-state index in [-0.39, 0.29) is 0 Å². The monoisotopic (exact) mass is 315 g/mol. The third-order valence-electron chi connectivity index (χ3n) is 2.69. The maximum Gasteiger partial charge on any atom is 0.180 e. The van der Waals surface area contributed by atoms with Crippen LogP contribution in [-0.2, 0) is 5.75 Å². The average Bonchev–Trinajstić information content (AvgIpc) is 2.54. The Morgan fingerprint density at radius 2 is 1.95 bits per heavy atom. The first-order chi connectivity index (χ1) is 10.3. The summed E-state index contributed by atoms with van der Waals surface area (Å²) in [5.74, 6) is 0.799. The van der Waals surface area contributed by atoms with Gasteiger partial charge in [0.2, 0.25) is 0 Å². The molecular weight excluding hydrogens is 298 g/mol. The van der Waals surface area contributed by atoms with Crippen LogP contribution in [0.15, 0.2) is 69.7 Å². The lowest BCUT2D eigenvalue weighted by Crippen LogP contribution is -2.05. The number of hydrogen-bond acceptors (Lipinski definition) is 4. The minimum absolute atomic E-state index is 0.469. The molecule has 21 heavy (non-hydrogen) atoms. The van der Waals surface area contributed by atoms with E-state index < -0.39 is 0 Å². The van der Waals surface area contributed by atoms with Gasteiger partial charge in [0.1, 0.15) is 0 Å². The van der Waals surface area contributed by atoms with Gasteiger partial charge in [0.05, 0.1) is 6.21 Å². The molecule has 3 nitrogen and oxygen atoms in total. The van der Waals surface area contributed by atoms with Crippen LogP contribution >= 0.6 is 23.5 Å². The summed E-state index contributed by atoms with van der Waals surface area (Å²) in [6, 6.07) is 18.3. The van der Waals surface area contributed by atoms with Gasteiger partial charge in [-0.15, -0.1) is 16.9 Å². The Hall–Kier alpha value is -1.72. The average molecular weight is 315 g/mol. The van der Waals surface area contributed by atoms with Crippen LogP contribution in [0.3, 0.4) is 0 Å².